The minimum Gasteiger partial charge on any atom is -0.363 e. The van der Waals surface area contributed by atoms with Gasteiger partial charge in [-0.3, -0.25) is 4.79 Å². The predicted molar refractivity (Wildman–Crippen MR) is 90.3 cm³/mol. The van der Waals surface area contributed by atoms with Crippen LogP contribution in [0.4, 0.5) is 27.6 Å². The first-order chi connectivity index (χ1) is 12.7. The van der Waals surface area contributed by atoms with Crippen molar-refractivity contribution < 1.29 is 26.7 Å². The molecule has 1 aliphatic rings. The van der Waals surface area contributed by atoms with Gasteiger partial charge in [0.1, 0.15) is 5.69 Å². The molecule has 0 aromatic heterocycles. The smallest absolute Gasteiger partial charge is 0.253 e. The van der Waals surface area contributed by atoms with Crippen molar-refractivity contribution in [3.8, 4) is 0 Å². The van der Waals surface area contributed by atoms with Crippen LogP contribution in [0.1, 0.15) is 21.5 Å². The summed E-state index contributed by atoms with van der Waals surface area (Å²) in [6.07, 6.45) is 0. The van der Waals surface area contributed by atoms with Crippen molar-refractivity contribution in [2.45, 2.75) is 13.8 Å². The molecule has 0 N–H and O–H groups in total. The number of hydrogen-bond donors (Lipinski definition) is 0. The number of nitrogens with zero attached hydrogens (tertiary/aromatic N) is 2. The van der Waals surface area contributed by atoms with Crippen molar-refractivity contribution in [2.75, 3.05) is 31.1 Å². The molecule has 0 saturated carbocycles. The first-order valence-corrected chi connectivity index (χ1v) is 8.34. The Hall–Kier alpha value is -2.64. The van der Waals surface area contributed by atoms with E-state index < -0.39 is 34.8 Å². The number of anilines is 1. The summed E-state index contributed by atoms with van der Waals surface area (Å²) in [5, 5.41) is 0. The molecule has 3 rings (SSSR count). The molecule has 3 nitrogen and oxygen atoms in total. The van der Waals surface area contributed by atoms with Gasteiger partial charge in [-0.25, -0.2) is 22.0 Å². The SMILES string of the molecule is Cc1cc(C)cc(C(=O)N2CCN(c3c(F)c(F)c(F)c(F)c3F)CC2)c1. The number of hydrogen-bond acceptors (Lipinski definition) is 2. The summed E-state index contributed by atoms with van der Waals surface area (Å²) in [6.45, 7) is 3.84. The van der Waals surface area contributed by atoms with Crippen molar-refractivity contribution >= 4 is 11.6 Å². The molecule has 0 unspecified atom stereocenters. The van der Waals surface area contributed by atoms with Gasteiger partial charge >= 0.3 is 0 Å². The summed E-state index contributed by atoms with van der Waals surface area (Å²) in [5.41, 5.74) is 1.40. The van der Waals surface area contributed by atoms with Crippen molar-refractivity contribution in [3.63, 3.8) is 0 Å². The second-order valence-electron chi connectivity index (χ2n) is 6.57. The van der Waals surface area contributed by atoms with Crippen LogP contribution in [-0.4, -0.2) is 37.0 Å². The van der Waals surface area contributed by atoms with E-state index in [1.807, 2.05) is 19.9 Å². The van der Waals surface area contributed by atoms with Gasteiger partial charge < -0.3 is 9.80 Å². The van der Waals surface area contributed by atoms with Crippen molar-refractivity contribution in [1.82, 2.24) is 4.90 Å². The zero-order valence-electron chi connectivity index (χ0n) is 14.8. The number of carbonyl (C=O) groups excluding carboxylic acids is 1. The molecule has 1 fully saturated rings. The molecular weight excluding hydrogens is 367 g/mol. The number of carbonyl (C=O) groups is 1. The van der Waals surface area contributed by atoms with Crippen molar-refractivity contribution in [3.05, 3.63) is 64.0 Å². The fourth-order valence-corrected chi connectivity index (χ4v) is 3.28. The third-order valence-corrected chi connectivity index (χ3v) is 4.54. The van der Waals surface area contributed by atoms with Crippen LogP contribution in [0.15, 0.2) is 18.2 Å². The highest BCUT2D eigenvalue weighted by Gasteiger charge is 2.31. The molecule has 1 heterocycles. The summed E-state index contributed by atoms with van der Waals surface area (Å²) in [7, 11) is 0. The van der Waals surface area contributed by atoms with E-state index in [9.17, 15) is 26.7 Å². The van der Waals surface area contributed by atoms with Crippen LogP contribution >= 0.6 is 0 Å². The summed E-state index contributed by atoms with van der Waals surface area (Å²) >= 11 is 0. The standard InChI is InChI=1S/C19H17F5N2O/c1-10-7-11(2)9-12(8-10)19(27)26-5-3-25(4-6-26)18-16(23)14(21)13(20)15(22)17(18)24/h7-9H,3-6H2,1-2H3. The lowest BCUT2D eigenvalue weighted by Crippen LogP contribution is -2.49. The Bertz CT molecular complexity index is 858. The van der Waals surface area contributed by atoms with Crippen LogP contribution in [0.2, 0.25) is 0 Å². The molecule has 0 atom stereocenters. The first kappa shape index (κ1) is 19.1. The molecule has 1 aliphatic heterocycles. The van der Waals surface area contributed by atoms with Gasteiger partial charge in [0.25, 0.3) is 5.91 Å². The number of aryl methyl sites for hydroxylation is 2. The van der Waals surface area contributed by atoms with E-state index in [0.717, 1.165) is 16.0 Å². The zero-order valence-corrected chi connectivity index (χ0v) is 14.8. The van der Waals surface area contributed by atoms with Gasteiger partial charge in [-0.1, -0.05) is 17.2 Å². The average Bonchev–Trinajstić information content (AvgIpc) is 2.64. The van der Waals surface area contributed by atoms with Gasteiger partial charge in [-0.05, 0) is 26.0 Å². The normalized spacial score (nSPS) is 14.6. The Morgan fingerprint density at radius 2 is 1.19 bits per heavy atom. The number of amides is 1. The predicted octanol–water partition coefficient (Wildman–Crippen LogP) is 3.96. The van der Waals surface area contributed by atoms with Gasteiger partial charge in [0.05, 0.1) is 0 Å². The van der Waals surface area contributed by atoms with E-state index in [0.29, 0.717) is 5.56 Å². The van der Waals surface area contributed by atoms with E-state index in [-0.39, 0.29) is 32.1 Å². The third-order valence-electron chi connectivity index (χ3n) is 4.54. The highest BCUT2D eigenvalue weighted by atomic mass is 19.2. The average molecular weight is 384 g/mol. The molecule has 2 aromatic rings. The van der Waals surface area contributed by atoms with E-state index in [1.54, 1.807) is 12.1 Å². The Balaban J connectivity index is 1.79. The van der Waals surface area contributed by atoms with Crippen LogP contribution < -0.4 is 4.90 Å². The number of rotatable bonds is 2. The van der Waals surface area contributed by atoms with Crippen LogP contribution in [0, 0.1) is 42.9 Å². The lowest BCUT2D eigenvalue weighted by molar-refractivity contribution is 0.0746. The lowest BCUT2D eigenvalue weighted by Gasteiger charge is -2.36. The molecule has 0 spiro atoms. The Morgan fingerprint density at radius 1 is 0.741 bits per heavy atom. The van der Waals surface area contributed by atoms with Gasteiger partial charge in [0.2, 0.25) is 5.82 Å². The minimum atomic E-state index is -2.18. The maximum Gasteiger partial charge on any atom is 0.253 e. The van der Waals surface area contributed by atoms with Crippen molar-refractivity contribution in [1.29, 1.82) is 0 Å². The van der Waals surface area contributed by atoms with Crippen LogP contribution in [-0.2, 0) is 0 Å². The number of halogens is 5. The van der Waals surface area contributed by atoms with Gasteiger partial charge in [-0.15, -0.1) is 0 Å². The van der Waals surface area contributed by atoms with E-state index in [1.165, 1.54) is 4.90 Å². The highest BCUT2D eigenvalue weighted by Crippen LogP contribution is 2.31. The first-order valence-electron chi connectivity index (χ1n) is 8.34. The second-order valence-corrected chi connectivity index (χ2v) is 6.57. The van der Waals surface area contributed by atoms with E-state index in [2.05, 4.69) is 0 Å². The molecule has 0 bridgehead atoms. The minimum absolute atomic E-state index is 0.0467. The molecule has 144 valence electrons. The Kier molecular flexibility index (Phi) is 5.08. The molecule has 2 aromatic carbocycles. The zero-order chi connectivity index (χ0) is 19.9. The van der Waals surface area contributed by atoms with Crippen LogP contribution in [0.3, 0.4) is 0 Å². The third kappa shape index (κ3) is 3.48. The van der Waals surface area contributed by atoms with Gasteiger partial charge in [-0.2, -0.15) is 0 Å². The molecular formula is C19H17F5N2O. The summed E-state index contributed by atoms with van der Waals surface area (Å²) in [6, 6.07) is 5.41. The Morgan fingerprint density at radius 3 is 1.67 bits per heavy atom. The van der Waals surface area contributed by atoms with Crippen LogP contribution in [0.25, 0.3) is 0 Å². The largest absolute Gasteiger partial charge is 0.363 e. The fraction of sp³-hybridized carbons (Fsp3) is 0.316. The molecule has 0 aliphatic carbocycles. The number of piperazine rings is 1. The molecule has 0 radical (unpaired) electrons. The summed E-state index contributed by atoms with van der Waals surface area (Å²) in [5.74, 6) is -10.1. The van der Waals surface area contributed by atoms with E-state index in [4.69, 9.17) is 0 Å². The van der Waals surface area contributed by atoms with Crippen LogP contribution in [0.5, 0.6) is 0 Å². The number of benzene rings is 2. The van der Waals surface area contributed by atoms with Gasteiger partial charge in [0.15, 0.2) is 23.3 Å². The monoisotopic (exact) mass is 384 g/mol. The highest BCUT2D eigenvalue weighted by molar-refractivity contribution is 5.94. The molecule has 27 heavy (non-hydrogen) atoms. The molecule has 8 heteroatoms. The molecule has 1 saturated heterocycles. The summed E-state index contributed by atoms with van der Waals surface area (Å²) < 4.78 is 67.9. The van der Waals surface area contributed by atoms with Crippen molar-refractivity contribution in [2.24, 2.45) is 0 Å². The Labute approximate surface area is 153 Å². The lowest BCUT2D eigenvalue weighted by atomic mass is 10.1. The summed E-state index contributed by atoms with van der Waals surface area (Å²) in [4.78, 5) is 15.2. The quantitative estimate of drug-likeness (QED) is 0.445. The molecule has 1 amide bonds. The van der Waals surface area contributed by atoms with E-state index >= 15 is 0 Å². The fourth-order valence-electron chi connectivity index (χ4n) is 3.28. The maximum atomic E-state index is 14.0. The topological polar surface area (TPSA) is 23.6 Å². The maximum absolute atomic E-state index is 14.0. The second kappa shape index (κ2) is 7.17. The van der Waals surface area contributed by atoms with Gasteiger partial charge in [0, 0.05) is 31.7 Å².